The fourth-order valence-electron chi connectivity index (χ4n) is 2.08. The second-order valence-corrected chi connectivity index (χ2v) is 5.53. The maximum absolute atomic E-state index is 13.6. The molecule has 1 N–H and O–H groups in total. The van der Waals surface area contributed by atoms with E-state index >= 15 is 0 Å². The first-order chi connectivity index (χ1) is 11.9. The molecule has 134 valence electrons. The van der Waals surface area contributed by atoms with Crippen LogP contribution >= 0.6 is 0 Å². The largest absolute Gasteiger partial charge is 0.492 e. The van der Waals surface area contributed by atoms with E-state index in [0.717, 1.165) is 17.9 Å². The minimum Gasteiger partial charge on any atom is -0.492 e. The van der Waals surface area contributed by atoms with E-state index in [1.54, 1.807) is 18.9 Å². The van der Waals surface area contributed by atoms with Crippen molar-refractivity contribution in [2.75, 3.05) is 25.5 Å². The molecule has 0 aromatic heterocycles. The van der Waals surface area contributed by atoms with E-state index in [9.17, 15) is 18.0 Å². The van der Waals surface area contributed by atoms with Crippen molar-refractivity contribution in [3.8, 4) is 5.75 Å². The van der Waals surface area contributed by atoms with Crippen LogP contribution in [0.2, 0.25) is 0 Å². The van der Waals surface area contributed by atoms with E-state index in [-0.39, 0.29) is 0 Å². The normalized spacial score (nSPS) is 12.1. The van der Waals surface area contributed by atoms with Crippen LogP contribution in [0.15, 0.2) is 42.5 Å². The highest BCUT2D eigenvalue weighted by Crippen LogP contribution is 2.20. The molecular weight excluding hydrogens is 333 g/mol. The second-order valence-electron chi connectivity index (χ2n) is 5.53. The lowest BCUT2D eigenvalue weighted by molar-refractivity contribution is -0.120. The summed E-state index contributed by atoms with van der Waals surface area (Å²) in [6, 6.07) is 10.4. The number of rotatable bonds is 7. The molecule has 0 radical (unpaired) electrons. The van der Waals surface area contributed by atoms with Gasteiger partial charge in [0.05, 0.1) is 11.7 Å². The first-order valence-electron chi connectivity index (χ1n) is 7.72. The van der Waals surface area contributed by atoms with Crippen molar-refractivity contribution in [1.82, 2.24) is 4.90 Å². The van der Waals surface area contributed by atoms with Gasteiger partial charge in [-0.25, -0.2) is 13.2 Å². The molecule has 0 saturated heterocycles. The molecule has 25 heavy (non-hydrogen) atoms. The summed E-state index contributed by atoms with van der Waals surface area (Å²) in [6.45, 7) is 2.43. The van der Waals surface area contributed by atoms with Crippen LogP contribution in [-0.4, -0.2) is 37.0 Å². The first kappa shape index (κ1) is 18.8. The minimum absolute atomic E-state index is 0.359. The first-order valence-corrected chi connectivity index (χ1v) is 7.72. The van der Waals surface area contributed by atoms with Crippen LogP contribution in [0.5, 0.6) is 5.75 Å². The van der Waals surface area contributed by atoms with Gasteiger partial charge in [-0.1, -0.05) is 18.2 Å². The summed E-state index contributed by atoms with van der Waals surface area (Å²) >= 11 is 0. The van der Waals surface area contributed by atoms with Crippen LogP contribution in [0.3, 0.4) is 0 Å². The Labute approximate surface area is 144 Å². The summed E-state index contributed by atoms with van der Waals surface area (Å²) in [6.07, 6.45) is 0. The van der Waals surface area contributed by atoms with Crippen molar-refractivity contribution in [3.05, 3.63) is 59.9 Å². The van der Waals surface area contributed by atoms with Crippen LogP contribution < -0.4 is 10.1 Å². The Balaban J connectivity index is 1.87. The van der Waals surface area contributed by atoms with Gasteiger partial charge in [-0.2, -0.15) is 0 Å². The Morgan fingerprint density at radius 2 is 1.80 bits per heavy atom. The van der Waals surface area contributed by atoms with Crippen molar-refractivity contribution in [3.63, 3.8) is 0 Å². The lowest BCUT2D eigenvalue weighted by Gasteiger charge is -2.24. The predicted octanol–water partition coefficient (Wildman–Crippen LogP) is 3.44. The smallest absolute Gasteiger partial charge is 0.241 e. The summed E-state index contributed by atoms with van der Waals surface area (Å²) < 4.78 is 45.3. The number of nitrogens with zero attached hydrogens (tertiary/aromatic N) is 1. The quantitative estimate of drug-likeness (QED) is 0.776. The third-order valence-electron chi connectivity index (χ3n) is 3.79. The highest BCUT2D eigenvalue weighted by atomic mass is 19.2. The number of halogens is 3. The third-order valence-corrected chi connectivity index (χ3v) is 3.79. The zero-order chi connectivity index (χ0) is 18.4. The van der Waals surface area contributed by atoms with Gasteiger partial charge in [-0.3, -0.25) is 9.69 Å². The van der Waals surface area contributed by atoms with E-state index in [4.69, 9.17) is 4.74 Å². The highest BCUT2D eigenvalue weighted by Gasteiger charge is 2.21. The molecule has 0 unspecified atom stereocenters. The minimum atomic E-state index is -1.62. The Kier molecular flexibility index (Phi) is 6.41. The zero-order valence-corrected chi connectivity index (χ0v) is 13.9. The standard InChI is InChI=1S/C18H19F3N2O2/c1-12(23(2)10-11-25-13-6-4-3-5-7-13)18(24)22-15-9-8-14(19)16(20)17(15)21/h3-9,12H,10-11H2,1-2H3,(H,22,24)/t12-/m1/s1. The average Bonchev–Trinajstić information content (AvgIpc) is 2.62. The summed E-state index contributed by atoms with van der Waals surface area (Å²) in [5, 5.41) is 2.26. The van der Waals surface area contributed by atoms with E-state index in [1.165, 1.54) is 0 Å². The van der Waals surface area contributed by atoms with Gasteiger partial charge in [0.1, 0.15) is 12.4 Å². The molecular formula is C18H19F3N2O2. The molecule has 0 spiro atoms. The fourth-order valence-corrected chi connectivity index (χ4v) is 2.08. The number of benzene rings is 2. The predicted molar refractivity (Wildman–Crippen MR) is 89.0 cm³/mol. The van der Waals surface area contributed by atoms with Gasteiger partial charge in [0.25, 0.3) is 0 Å². The van der Waals surface area contributed by atoms with Crippen LogP contribution in [-0.2, 0) is 4.79 Å². The maximum Gasteiger partial charge on any atom is 0.241 e. The molecule has 0 fully saturated rings. The van der Waals surface area contributed by atoms with Crippen molar-refractivity contribution >= 4 is 11.6 Å². The van der Waals surface area contributed by atoms with Crippen molar-refractivity contribution in [2.45, 2.75) is 13.0 Å². The number of ether oxygens (including phenoxy) is 1. The number of anilines is 1. The Hall–Kier alpha value is -2.54. The molecule has 2 rings (SSSR count). The molecule has 0 heterocycles. The van der Waals surface area contributed by atoms with Gasteiger partial charge in [-0.05, 0) is 38.2 Å². The Morgan fingerprint density at radius 1 is 1.12 bits per heavy atom. The number of hydrogen-bond acceptors (Lipinski definition) is 3. The topological polar surface area (TPSA) is 41.6 Å². The van der Waals surface area contributed by atoms with Gasteiger partial charge in [0, 0.05) is 6.54 Å². The zero-order valence-electron chi connectivity index (χ0n) is 13.9. The number of para-hydroxylation sites is 1. The molecule has 1 amide bonds. The second kappa shape index (κ2) is 8.53. The summed E-state index contributed by atoms with van der Waals surface area (Å²) in [5.41, 5.74) is -0.398. The van der Waals surface area contributed by atoms with Crippen LogP contribution in [0.1, 0.15) is 6.92 Å². The molecule has 0 aliphatic heterocycles. The highest BCUT2D eigenvalue weighted by molar-refractivity contribution is 5.94. The van der Waals surface area contributed by atoms with Crippen molar-refractivity contribution in [1.29, 1.82) is 0 Å². The number of carbonyl (C=O) groups excluding carboxylic acids is 1. The van der Waals surface area contributed by atoms with Crippen LogP contribution in [0.4, 0.5) is 18.9 Å². The molecule has 0 saturated carbocycles. The Bertz CT molecular complexity index is 726. The van der Waals surface area contributed by atoms with Gasteiger partial charge >= 0.3 is 0 Å². The molecule has 2 aromatic rings. The Morgan fingerprint density at radius 3 is 2.48 bits per heavy atom. The van der Waals surface area contributed by atoms with Gasteiger partial charge < -0.3 is 10.1 Å². The van der Waals surface area contributed by atoms with Crippen molar-refractivity contribution in [2.24, 2.45) is 0 Å². The third kappa shape index (κ3) is 4.96. The summed E-state index contributed by atoms with van der Waals surface area (Å²) in [5.74, 6) is -4.16. The van der Waals surface area contributed by atoms with Crippen LogP contribution in [0.25, 0.3) is 0 Å². The lowest BCUT2D eigenvalue weighted by atomic mass is 10.2. The van der Waals surface area contributed by atoms with Crippen molar-refractivity contribution < 1.29 is 22.7 Å². The summed E-state index contributed by atoms with van der Waals surface area (Å²) in [7, 11) is 1.71. The van der Waals surface area contributed by atoms with Crippen LogP contribution in [0, 0.1) is 17.5 Å². The lowest BCUT2D eigenvalue weighted by Crippen LogP contribution is -2.41. The number of hydrogen-bond donors (Lipinski definition) is 1. The number of amides is 1. The van der Waals surface area contributed by atoms with E-state index in [0.29, 0.717) is 13.2 Å². The van der Waals surface area contributed by atoms with Gasteiger partial charge in [-0.15, -0.1) is 0 Å². The van der Waals surface area contributed by atoms with Gasteiger partial charge in [0.15, 0.2) is 17.5 Å². The monoisotopic (exact) mass is 352 g/mol. The number of likely N-dealkylation sites (N-methyl/N-ethyl adjacent to an activating group) is 1. The summed E-state index contributed by atoms with van der Waals surface area (Å²) in [4.78, 5) is 13.9. The van der Waals surface area contributed by atoms with Gasteiger partial charge in [0.2, 0.25) is 5.91 Å². The molecule has 7 heteroatoms. The van der Waals surface area contributed by atoms with E-state index in [1.807, 2.05) is 30.3 Å². The number of nitrogens with one attached hydrogen (secondary N) is 1. The average molecular weight is 352 g/mol. The van der Waals surface area contributed by atoms with E-state index < -0.39 is 35.1 Å². The fraction of sp³-hybridized carbons (Fsp3) is 0.278. The molecule has 4 nitrogen and oxygen atoms in total. The molecule has 2 aromatic carbocycles. The number of carbonyl (C=O) groups is 1. The maximum atomic E-state index is 13.6. The molecule has 1 atom stereocenters. The molecule has 0 aliphatic rings. The molecule has 0 aliphatic carbocycles. The SMILES string of the molecule is C[C@H](C(=O)Nc1ccc(F)c(F)c1F)N(C)CCOc1ccccc1. The molecule has 0 bridgehead atoms. The van der Waals surface area contributed by atoms with E-state index in [2.05, 4.69) is 5.32 Å².